The molecular formula is C9H18IN. The van der Waals surface area contributed by atoms with Crippen molar-refractivity contribution in [2.24, 2.45) is 5.41 Å². The topological polar surface area (TPSA) is 3.01 Å². The largest absolute Gasteiger partial charge is 1.00 e. The fourth-order valence-electron chi connectivity index (χ4n) is 1.62. The SMILES string of the molecule is CC1=[N+](C)CCCC1(C)C.[I-]. The summed E-state index contributed by atoms with van der Waals surface area (Å²) in [6.45, 7) is 8.16. The second-order valence-electron chi connectivity index (χ2n) is 3.99. The van der Waals surface area contributed by atoms with E-state index >= 15 is 0 Å². The molecule has 0 amide bonds. The van der Waals surface area contributed by atoms with Gasteiger partial charge in [-0.15, -0.1) is 0 Å². The maximum atomic E-state index is 2.38. The smallest absolute Gasteiger partial charge is 0.154 e. The van der Waals surface area contributed by atoms with E-state index in [9.17, 15) is 0 Å². The molecular weight excluding hydrogens is 249 g/mol. The lowest BCUT2D eigenvalue weighted by Crippen LogP contribution is -3.00. The van der Waals surface area contributed by atoms with Gasteiger partial charge in [0.1, 0.15) is 13.6 Å². The van der Waals surface area contributed by atoms with Crippen LogP contribution in [-0.2, 0) is 0 Å². The summed E-state index contributed by atoms with van der Waals surface area (Å²) in [5, 5.41) is 0. The molecule has 0 aromatic rings. The molecule has 11 heavy (non-hydrogen) atoms. The van der Waals surface area contributed by atoms with E-state index < -0.39 is 0 Å². The van der Waals surface area contributed by atoms with E-state index in [1.165, 1.54) is 19.4 Å². The van der Waals surface area contributed by atoms with Gasteiger partial charge in [0.15, 0.2) is 5.71 Å². The van der Waals surface area contributed by atoms with Gasteiger partial charge in [0.25, 0.3) is 0 Å². The van der Waals surface area contributed by atoms with Crippen molar-refractivity contribution in [1.29, 1.82) is 0 Å². The van der Waals surface area contributed by atoms with Gasteiger partial charge in [-0.1, -0.05) is 13.8 Å². The van der Waals surface area contributed by atoms with Gasteiger partial charge >= 0.3 is 0 Å². The molecule has 66 valence electrons. The Morgan fingerprint density at radius 2 is 1.91 bits per heavy atom. The highest BCUT2D eigenvalue weighted by atomic mass is 127. The molecule has 0 atom stereocenters. The minimum atomic E-state index is 0. The molecule has 0 unspecified atom stereocenters. The molecule has 0 saturated carbocycles. The molecule has 0 aliphatic carbocycles. The number of nitrogens with zero attached hydrogens (tertiary/aromatic N) is 1. The fraction of sp³-hybridized carbons (Fsp3) is 0.889. The zero-order valence-corrected chi connectivity index (χ0v) is 10.1. The highest BCUT2D eigenvalue weighted by Gasteiger charge is 2.31. The predicted molar refractivity (Wildman–Crippen MR) is 44.7 cm³/mol. The van der Waals surface area contributed by atoms with Gasteiger partial charge in [0.05, 0.1) is 0 Å². The molecule has 0 bridgehead atoms. The summed E-state index contributed by atoms with van der Waals surface area (Å²) < 4.78 is 2.38. The Kier molecular flexibility index (Phi) is 4.02. The Morgan fingerprint density at radius 3 is 2.27 bits per heavy atom. The molecule has 1 aliphatic rings. The van der Waals surface area contributed by atoms with Crippen LogP contribution in [0.4, 0.5) is 0 Å². The number of hydrogen-bond acceptors (Lipinski definition) is 0. The Labute approximate surface area is 86.9 Å². The maximum Gasteiger partial charge on any atom is 0.154 e. The molecule has 0 radical (unpaired) electrons. The van der Waals surface area contributed by atoms with Gasteiger partial charge in [-0.05, 0) is 6.42 Å². The molecule has 1 heterocycles. The third-order valence-electron chi connectivity index (χ3n) is 2.85. The van der Waals surface area contributed by atoms with Crippen molar-refractivity contribution < 1.29 is 28.6 Å². The zero-order chi connectivity index (χ0) is 7.78. The van der Waals surface area contributed by atoms with Crippen LogP contribution in [0.25, 0.3) is 0 Å². The van der Waals surface area contributed by atoms with Gasteiger partial charge in [-0.3, -0.25) is 0 Å². The first-order chi connectivity index (χ1) is 4.54. The summed E-state index contributed by atoms with van der Waals surface area (Å²) in [6, 6.07) is 0. The molecule has 2 heteroatoms. The van der Waals surface area contributed by atoms with E-state index in [2.05, 4.69) is 32.4 Å². The van der Waals surface area contributed by atoms with E-state index in [0.29, 0.717) is 5.41 Å². The lowest BCUT2D eigenvalue weighted by Gasteiger charge is -2.26. The predicted octanol–water partition coefficient (Wildman–Crippen LogP) is -1.09. The lowest BCUT2D eigenvalue weighted by atomic mass is 9.81. The third kappa shape index (κ3) is 2.42. The standard InChI is InChI=1S/C9H18N.HI/c1-8-9(2,3)6-5-7-10(8)4;/h5-7H2,1-4H3;1H/q+1;/p-1. The normalized spacial score (nSPS) is 22.9. The minimum absolute atomic E-state index is 0. The summed E-state index contributed by atoms with van der Waals surface area (Å²) in [6.07, 6.45) is 2.70. The third-order valence-corrected chi connectivity index (χ3v) is 2.85. The summed E-state index contributed by atoms with van der Waals surface area (Å²) in [5.74, 6) is 0. The van der Waals surface area contributed by atoms with Crippen molar-refractivity contribution in [3.8, 4) is 0 Å². The van der Waals surface area contributed by atoms with Crippen molar-refractivity contribution in [3.05, 3.63) is 0 Å². The van der Waals surface area contributed by atoms with Crippen LogP contribution < -0.4 is 24.0 Å². The minimum Gasteiger partial charge on any atom is -1.00 e. The molecule has 0 aromatic carbocycles. The fourth-order valence-corrected chi connectivity index (χ4v) is 1.62. The number of rotatable bonds is 0. The van der Waals surface area contributed by atoms with Gasteiger partial charge in [-0.2, -0.15) is 0 Å². The summed E-state index contributed by atoms with van der Waals surface area (Å²) in [7, 11) is 2.19. The second-order valence-corrected chi connectivity index (χ2v) is 3.99. The summed E-state index contributed by atoms with van der Waals surface area (Å²) in [4.78, 5) is 0. The van der Waals surface area contributed by atoms with Gasteiger partial charge < -0.3 is 24.0 Å². The first-order valence-corrected chi connectivity index (χ1v) is 4.09. The molecule has 1 aliphatic heterocycles. The van der Waals surface area contributed by atoms with Gasteiger partial charge in [0.2, 0.25) is 0 Å². The quantitative estimate of drug-likeness (QED) is 0.388. The van der Waals surface area contributed by atoms with E-state index in [1.807, 2.05) is 0 Å². The van der Waals surface area contributed by atoms with Crippen LogP contribution in [0.1, 0.15) is 33.6 Å². The first kappa shape index (κ1) is 11.4. The van der Waals surface area contributed by atoms with Crippen LogP contribution in [-0.4, -0.2) is 23.9 Å². The molecule has 0 N–H and O–H groups in total. The summed E-state index contributed by atoms with van der Waals surface area (Å²) in [5.41, 5.74) is 1.99. The summed E-state index contributed by atoms with van der Waals surface area (Å²) >= 11 is 0. The number of hydrogen-bond donors (Lipinski definition) is 0. The Morgan fingerprint density at radius 1 is 1.36 bits per heavy atom. The van der Waals surface area contributed by atoms with Crippen molar-refractivity contribution in [2.45, 2.75) is 33.6 Å². The van der Waals surface area contributed by atoms with Gasteiger partial charge in [-0.25, -0.2) is 4.58 Å². The Balaban J connectivity index is 0.000001000. The van der Waals surface area contributed by atoms with E-state index in [-0.39, 0.29) is 24.0 Å². The van der Waals surface area contributed by atoms with E-state index in [0.717, 1.165) is 0 Å². The van der Waals surface area contributed by atoms with Crippen LogP contribution >= 0.6 is 0 Å². The molecule has 0 spiro atoms. The van der Waals surface area contributed by atoms with Crippen molar-refractivity contribution in [2.75, 3.05) is 13.6 Å². The zero-order valence-electron chi connectivity index (χ0n) is 7.95. The Bertz CT molecular complexity index is 170. The first-order valence-electron chi connectivity index (χ1n) is 4.09. The monoisotopic (exact) mass is 267 g/mol. The molecule has 1 rings (SSSR count). The highest BCUT2D eigenvalue weighted by molar-refractivity contribution is 5.82. The average molecular weight is 267 g/mol. The van der Waals surface area contributed by atoms with Crippen LogP contribution in [0.15, 0.2) is 0 Å². The molecule has 0 fully saturated rings. The molecule has 1 nitrogen and oxygen atoms in total. The highest BCUT2D eigenvalue weighted by Crippen LogP contribution is 2.26. The maximum absolute atomic E-state index is 2.38. The van der Waals surface area contributed by atoms with Crippen LogP contribution in [0.3, 0.4) is 0 Å². The second kappa shape index (κ2) is 3.87. The molecule has 0 saturated heterocycles. The lowest BCUT2D eigenvalue weighted by molar-refractivity contribution is -0.507. The van der Waals surface area contributed by atoms with Crippen molar-refractivity contribution >= 4 is 5.71 Å². The molecule has 0 aromatic heterocycles. The van der Waals surface area contributed by atoms with Crippen LogP contribution in [0.5, 0.6) is 0 Å². The van der Waals surface area contributed by atoms with Crippen molar-refractivity contribution in [1.82, 2.24) is 0 Å². The average Bonchev–Trinajstić information content (AvgIpc) is 1.83. The van der Waals surface area contributed by atoms with Gasteiger partial charge in [0, 0.05) is 18.8 Å². The van der Waals surface area contributed by atoms with Crippen molar-refractivity contribution in [3.63, 3.8) is 0 Å². The number of halogens is 1. The van der Waals surface area contributed by atoms with Crippen LogP contribution in [0.2, 0.25) is 0 Å². The van der Waals surface area contributed by atoms with Crippen LogP contribution in [0, 0.1) is 5.41 Å². The van der Waals surface area contributed by atoms with E-state index in [1.54, 1.807) is 5.71 Å². The Hall–Kier alpha value is 0.400. The van der Waals surface area contributed by atoms with E-state index in [4.69, 9.17) is 0 Å².